The summed E-state index contributed by atoms with van der Waals surface area (Å²) in [5.74, 6) is 2.05. The number of rotatable bonds is 6. The van der Waals surface area contributed by atoms with Crippen LogP contribution < -0.4 is 11.1 Å². The summed E-state index contributed by atoms with van der Waals surface area (Å²) in [7, 11) is 0. The van der Waals surface area contributed by atoms with Gasteiger partial charge in [-0.15, -0.1) is 0 Å². The molecule has 2 rings (SSSR count). The first-order chi connectivity index (χ1) is 8.19. The molecule has 5 heteroatoms. The Hall–Kier alpha value is -1.36. The fourth-order valence-corrected chi connectivity index (χ4v) is 2.05. The zero-order valence-electron chi connectivity index (χ0n) is 10.6. The first-order valence-corrected chi connectivity index (χ1v) is 6.28. The molecule has 0 bridgehead atoms. The van der Waals surface area contributed by atoms with Crippen molar-refractivity contribution in [3.8, 4) is 0 Å². The molecule has 0 aliphatic heterocycles. The second kappa shape index (κ2) is 5.31. The fraction of sp³-hybridized carbons (Fsp3) is 0.667. The second-order valence-corrected chi connectivity index (χ2v) is 4.51. The number of nitrogen functional groups attached to an aromatic ring is 1. The van der Waals surface area contributed by atoms with Gasteiger partial charge in [-0.1, -0.05) is 6.92 Å². The summed E-state index contributed by atoms with van der Waals surface area (Å²) in [6.07, 6.45) is 2.71. The Morgan fingerprint density at radius 2 is 2.24 bits per heavy atom. The van der Waals surface area contributed by atoms with E-state index in [9.17, 15) is 0 Å². The molecule has 0 aromatic carbocycles. The van der Waals surface area contributed by atoms with Gasteiger partial charge in [0.15, 0.2) is 0 Å². The van der Waals surface area contributed by atoms with E-state index in [1.165, 1.54) is 12.8 Å². The van der Waals surface area contributed by atoms with Crippen molar-refractivity contribution < 1.29 is 0 Å². The third-order valence-corrected chi connectivity index (χ3v) is 3.03. The van der Waals surface area contributed by atoms with Crippen LogP contribution in [0.2, 0.25) is 0 Å². The number of hydrogen-bond acceptors (Lipinski definition) is 5. The maximum Gasteiger partial charge on any atom is 0.131 e. The van der Waals surface area contributed by atoms with Gasteiger partial charge >= 0.3 is 0 Å². The maximum atomic E-state index is 5.67. The molecule has 0 spiro atoms. The number of aryl methyl sites for hydroxylation is 1. The maximum absolute atomic E-state index is 5.67. The van der Waals surface area contributed by atoms with Gasteiger partial charge in [0.1, 0.15) is 17.5 Å². The summed E-state index contributed by atoms with van der Waals surface area (Å²) in [5, 5.41) is 3.30. The third-order valence-electron chi connectivity index (χ3n) is 3.03. The molecule has 0 unspecified atom stereocenters. The average molecular weight is 235 g/mol. The summed E-state index contributed by atoms with van der Waals surface area (Å²) in [6, 6.07) is 2.60. The average Bonchev–Trinajstić information content (AvgIpc) is 3.07. The van der Waals surface area contributed by atoms with Crippen molar-refractivity contribution in [2.75, 3.05) is 30.7 Å². The highest BCUT2D eigenvalue weighted by atomic mass is 15.2. The van der Waals surface area contributed by atoms with Gasteiger partial charge < -0.3 is 11.1 Å². The van der Waals surface area contributed by atoms with Gasteiger partial charge in [-0.25, -0.2) is 9.97 Å². The summed E-state index contributed by atoms with van der Waals surface area (Å²) in [5.41, 5.74) is 5.67. The molecule has 0 radical (unpaired) electrons. The molecule has 0 atom stereocenters. The lowest BCUT2D eigenvalue weighted by molar-refractivity contribution is 0.289. The van der Waals surface area contributed by atoms with Crippen LogP contribution in [0.4, 0.5) is 11.6 Å². The van der Waals surface area contributed by atoms with E-state index in [1.807, 2.05) is 6.92 Å². The minimum atomic E-state index is 0.523. The van der Waals surface area contributed by atoms with E-state index >= 15 is 0 Å². The first kappa shape index (κ1) is 12.1. The van der Waals surface area contributed by atoms with E-state index in [0.29, 0.717) is 11.6 Å². The number of anilines is 2. The van der Waals surface area contributed by atoms with E-state index in [-0.39, 0.29) is 0 Å². The van der Waals surface area contributed by atoms with Crippen LogP contribution >= 0.6 is 0 Å². The Bertz CT molecular complexity index is 355. The molecule has 1 heterocycles. The van der Waals surface area contributed by atoms with Gasteiger partial charge in [-0.05, 0) is 26.3 Å². The molecule has 3 N–H and O–H groups in total. The molecule has 1 aromatic heterocycles. The van der Waals surface area contributed by atoms with Crippen molar-refractivity contribution in [3.63, 3.8) is 0 Å². The van der Waals surface area contributed by atoms with Crippen LogP contribution in [0.1, 0.15) is 25.6 Å². The van der Waals surface area contributed by atoms with Crippen LogP contribution in [0, 0.1) is 6.92 Å². The first-order valence-electron chi connectivity index (χ1n) is 6.28. The number of hydrogen-bond donors (Lipinski definition) is 2. The number of nitrogens with zero attached hydrogens (tertiary/aromatic N) is 3. The van der Waals surface area contributed by atoms with E-state index in [2.05, 4.69) is 27.1 Å². The standard InChI is InChI=1S/C12H21N5/c1-3-17(10-4-5-10)7-6-14-12-8-11(13)15-9(2)16-12/h8,10H,3-7H2,1-2H3,(H3,13,14,15,16). The van der Waals surface area contributed by atoms with Gasteiger partial charge in [-0.3, -0.25) is 4.90 Å². The lowest BCUT2D eigenvalue weighted by atomic mass is 10.4. The monoisotopic (exact) mass is 235 g/mol. The normalized spacial score (nSPS) is 15.2. The Balaban J connectivity index is 1.80. The highest BCUT2D eigenvalue weighted by Crippen LogP contribution is 2.25. The van der Waals surface area contributed by atoms with Crippen LogP contribution in [0.15, 0.2) is 6.07 Å². The van der Waals surface area contributed by atoms with Crippen LogP contribution in [-0.4, -0.2) is 40.5 Å². The van der Waals surface area contributed by atoms with Gasteiger partial charge in [-0.2, -0.15) is 0 Å². The minimum absolute atomic E-state index is 0.523. The number of aromatic nitrogens is 2. The molecule has 5 nitrogen and oxygen atoms in total. The zero-order valence-corrected chi connectivity index (χ0v) is 10.6. The number of likely N-dealkylation sites (N-methyl/N-ethyl adjacent to an activating group) is 1. The molecular formula is C12H21N5. The molecule has 0 saturated heterocycles. The summed E-state index contributed by atoms with van der Waals surface area (Å²) >= 11 is 0. The highest BCUT2D eigenvalue weighted by molar-refractivity contribution is 5.44. The van der Waals surface area contributed by atoms with Crippen molar-refractivity contribution in [3.05, 3.63) is 11.9 Å². The molecule has 94 valence electrons. The van der Waals surface area contributed by atoms with Crippen LogP contribution in [-0.2, 0) is 0 Å². The predicted molar refractivity (Wildman–Crippen MR) is 69.9 cm³/mol. The Morgan fingerprint density at radius 1 is 1.47 bits per heavy atom. The number of nitrogens with two attached hydrogens (primary N) is 1. The van der Waals surface area contributed by atoms with Gasteiger partial charge in [0, 0.05) is 25.2 Å². The van der Waals surface area contributed by atoms with Crippen molar-refractivity contribution >= 4 is 11.6 Å². The van der Waals surface area contributed by atoms with Crippen LogP contribution in [0.5, 0.6) is 0 Å². The van der Waals surface area contributed by atoms with Crippen molar-refractivity contribution in [2.45, 2.75) is 32.7 Å². The fourth-order valence-electron chi connectivity index (χ4n) is 2.05. The quantitative estimate of drug-likeness (QED) is 0.777. The van der Waals surface area contributed by atoms with E-state index in [4.69, 9.17) is 5.73 Å². The van der Waals surface area contributed by atoms with Gasteiger partial charge in [0.25, 0.3) is 0 Å². The summed E-state index contributed by atoms with van der Waals surface area (Å²) < 4.78 is 0. The Kier molecular flexibility index (Phi) is 3.78. The lowest BCUT2D eigenvalue weighted by Gasteiger charge is -2.19. The van der Waals surface area contributed by atoms with Crippen molar-refractivity contribution in [2.24, 2.45) is 0 Å². The molecule has 1 aliphatic rings. The third kappa shape index (κ3) is 3.56. The number of nitrogens with one attached hydrogen (secondary N) is 1. The van der Waals surface area contributed by atoms with Crippen LogP contribution in [0.25, 0.3) is 0 Å². The molecular weight excluding hydrogens is 214 g/mol. The minimum Gasteiger partial charge on any atom is -0.384 e. The van der Waals surface area contributed by atoms with Crippen LogP contribution in [0.3, 0.4) is 0 Å². The molecule has 17 heavy (non-hydrogen) atoms. The summed E-state index contributed by atoms with van der Waals surface area (Å²) in [6.45, 7) is 7.15. The molecule has 1 saturated carbocycles. The summed E-state index contributed by atoms with van der Waals surface area (Å²) in [4.78, 5) is 10.8. The predicted octanol–water partition coefficient (Wildman–Crippen LogP) is 1.26. The Morgan fingerprint density at radius 3 is 2.82 bits per heavy atom. The molecule has 1 aliphatic carbocycles. The molecule has 1 aromatic rings. The lowest BCUT2D eigenvalue weighted by Crippen LogP contribution is -2.31. The van der Waals surface area contributed by atoms with Crippen molar-refractivity contribution in [1.82, 2.24) is 14.9 Å². The van der Waals surface area contributed by atoms with Crippen molar-refractivity contribution in [1.29, 1.82) is 0 Å². The smallest absolute Gasteiger partial charge is 0.131 e. The van der Waals surface area contributed by atoms with E-state index < -0.39 is 0 Å². The Labute approximate surface area is 102 Å². The largest absolute Gasteiger partial charge is 0.384 e. The second-order valence-electron chi connectivity index (χ2n) is 4.51. The van der Waals surface area contributed by atoms with E-state index in [0.717, 1.165) is 31.5 Å². The topological polar surface area (TPSA) is 67.1 Å². The van der Waals surface area contributed by atoms with Gasteiger partial charge in [0.05, 0.1) is 0 Å². The zero-order chi connectivity index (χ0) is 12.3. The molecule has 0 amide bonds. The highest BCUT2D eigenvalue weighted by Gasteiger charge is 2.27. The molecule has 1 fully saturated rings. The SMILES string of the molecule is CCN(CCNc1cc(N)nc(C)n1)C1CC1. The van der Waals surface area contributed by atoms with E-state index in [1.54, 1.807) is 6.07 Å². The van der Waals surface area contributed by atoms with Gasteiger partial charge in [0.2, 0.25) is 0 Å².